The van der Waals surface area contributed by atoms with Crippen LogP contribution in [0.2, 0.25) is 0 Å². The summed E-state index contributed by atoms with van der Waals surface area (Å²) in [5.41, 5.74) is 12.2. The third-order valence-electron chi connectivity index (χ3n) is 5.53. The van der Waals surface area contributed by atoms with E-state index in [9.17, 15) is 19.2 Å². The summed E-state index contributed by atoms with van der Waals surface area (Å²) in [4.78, 5) is 52.8. The van der Waals surface area contributed by atoms with E-state index in [0.717, 1.165) is 0 Å². The third-order valence-corrected chi connectivity index (χ3v) is 5.53. The predicted molar refractivity (Wildman–Crippen MR) is 145 cm³/mol. The Morgan fingerprint density at radius 1 is 0.744 bits per heavy atom. The normalized spacial score (nSPS) is 10.5. The van der Waals surface area contributed by atoms with Gasteiger partial charge in [0, 0.05) is 52.4 Å². The first-order chi connectivity index (χ1) is 18.4. The van der Waals surface area contributed by atoms with Crippen molar-refractivity contribution in [2.45, 2.75) is 12.8 Å². The minimum atomic E-state index is -0.521. The van der Waals surface area contributed by atoms with Gasteiger partial charge in [0.1, 0.15) is 22.8 Å². The number of amides is 4. The molecular formula is C24H31N11O4. The number of aromatic amines is 1. The molecule has 0 aliphatic heterocycles. The molecule has 3 heterocycles. The summed E-state index contributed by atoms with van der Waals surface area (Å²) < 4.78 is 3.09. The number of hydrogen-bond donors (Lipinski definition) is 9. The number of carbonyl (C=O) groups excluding carboxylic acids is 4. The number of H-pyrrole nitrogens is 1. The van der Waals surface area contributed by atoms with E-state index in [1.165, 1.54) is 24.3 Å². The van der Waals surface area contributed by atoms with Crippen LogP contribution < -0.4 is 32.7 Å². The highest BCUT2D eigenvalue weighted by Gasteiger charge is 2.18. The summed E-state index contributed by atoms with van der Waals surface area (Å²) in [5.74, 6) is -1.87. The van der Waals surface area contributed by atoms with Crippen molar-refractivity contribution in [3.8, 4) is 0 Å². The molecule has 0 bridgehead atoms. The number of rotatable bonds is 12. The van der Waals surface area contributed by atoms with Crippen molar-refractivity contribution in [3.05, 3.63) is 59.4 Å². The van der Waals surface area contributed by atoms with Crippen molar-refractivity contribution < 1.29 is 19.2 Å². The van der Waals surface area contributed by atoms with Crippen molar-refractivity contribution in [3.63, 3.8) is 0 Å². The molecule has 0 saturated heterocycles. The van der Waals surface area contributed by atoms with Gasteiger partial charge in [-0.15, -0.1) is 0 Å². The van der Waals surface area contributed by atoms with E-state index < -0.39 is 11.8 Å². The van der Waals surface area contributed by atoms with Gasteiger partial charge in [-0.05, 0) is 24.3 Å². The lowest BCUT2D eigenvalue weighted by molar-refractivity contribution is 0.0938. The van der Waals surface area contributed by atoms with Gasteiger partial charge in [-0.1, -0.05) is 0 Å². The van der Waals surface area contributed by atoms with Gasteiger partial charge >= 0.3 is 0 Å². The Morgan fingerprint density at radius 2 is 1.13 bits per heavy atom. The largest absolute Gasteiger partial charge is 0.388 e. The van der Waals surface area contributed by atoms with Crippen LogP contribution in [0.1, 0.15) is 54.8 Å². The second kappa shape index (κ2) is 12.3. The van der Waals surface area contributed by atoms with Crippen LogP contribution in [0.3, 0.4) is 0 Å². The van der Waals surface area contributed by atoms with Crippen molar-refractivity contribution in [2.75, 3.05) is 23.7 Å². The Morgan fingerprint density at radius 3 is 1.49 bits per heavy atom. The molecule has 0 spiro atoms. The Balaban J connectivity index is 1.59. The van der Waals surface area contributed by atoms with Crippen LogP contribution in [-0.4, -0.2) is 62.5 Å². The third kappa shape index (κ3) is 7.58. The Hall–Kier alpha value is -5.34. The van der Waals surface area contributed by atoms with E-state index in [2.05, 4.69) is 26.3 Å². The quantitative estimate of drug-likeness (QED) is 0.116. The van der Waals surface area contributed by atoms with Crippen LogP contribution in [0.5, 0.6) is 0 Å². The molecule has 15 nitrogen and oxygen atoms in total. The van der Waals surface area contributed by atoms with Crippen LogP contribution in [0, 0.1) is 10.8 Å². The van der Waals surface area contributed by atoms with Gasteiger partial charge in [-0.2, -0.15) is 0 Å². The molecular weight excluding hydrogens is 506 g/mol. The van der Waals surface area contributed by atoms with E-state index in [1.807, 2.05) is 0 Å². The number of nitrogens with one attached hydrogen (secondary N) is 7. The van der Waals surface area contributed by atoms with Gasteiger partial charge in [-0.25, -0.2) is 0 Å². The zero-order valence-electron chi connectivity index (χ0n) is 21.5. The number of amidine groups is 2. The van der Waals surface area contributed by atoms with Gasteiger partial charge in [-0.3, -0.25) is 30.0 Å². The molecule has 0 aliphatic rings. The van der Waals surface area contributed by atoms with E-state index >= 15 is 0 Å². The first-order valence-electron chi connectivity index (χ1n) is 11.8. The SMILES string of the molecule is Cn1cc(NC(=O)c2ccc(C(=O)Nc3cc(C(=O)NCCC(=N)N)n(C)c3)[nH]2)cc1C(=O)NCCC(=N)N. The number of hydrogen-bond acceptors (Lipinski definition) is 6. The lowest BCUT2D eigenvalue weighted by atomic mass is 10.3. The average Bonchev–Trinajstić information content (AvgIpc) is 3.57. The molecule has 0 fully saturated rings. The van der Waals surface area contributed by atoms with E-state index in [-0.39, 0.29) is 60.8 Å². The Kier molecular flexibility index (Phi) is 8.88. The second-order valence-corrected chi connectivity index (χ2v) is 8.71. The second-order valence-electron chi connectivity index (χ2n) is 8.71. The molecule has 0 aliphatic carbocycles. The highest BCUT2D eigenvalue weighted by atomic mass is 16.2. The molecule has 3 rings (SSSR count). The molecule has 0 unspecified atom stereocenters. The number of nitrogens with zero attached hydrogens (tertiary/aromatic N) is 2. The van der Waals surface area contributed by atoms with Crippen molar-refractivity contribution in [2.24, 2.45) is 25.6 Å². The Labute approximate surface area is 223 Å². The summed E-state index contributed by atoms with van der Waals surface area (Å²) >= 11 is 0. The van der Waals surface area contributed by atoms with Crippen LogP contribution >= 0.6 is 0 Å². The van der Waals surface area contributed by atoms with Gasteiger partial charge in [0.2, 0.25) is 0 Å². The summed E-state index contributed by atoms with van der Waals surface area (Å²) in [6.45, 7) is 0.430. The molecule has 0 atom stereocenters. The van der Waals surface area contributed by atoms with Gasteiger partial charge < -0.3 is 46.9 Å². The molecule has 3 aromatic heterocycles. The van der Waals surface area contributed by atoms with Crippen LogP contribution in [0.4, 0.5) is 11.4 Å². The fraction of sp³-hybridized carbons (Fsp3) is 0.250. The number of aryl methyl sites for hydroxylation is 2. The van der Waals surface area contributed by atoms with Crippen LogP contribution in [0.25, 0.3) is 0 Å². The maximum Gasteiger partial charge on any atom is 0.272 e. The maximum absolute atomic E-state index is 12.7. The van der Waals surface area contributed by atoms with E-state index in [1.54, 1.807) is 35.6 Å². The zero-order chi connectivity index (χ0) is 28.7. The molecule has 0 saturated carbocycles. The molecule has 0 radical (unpaired) electrons. The average molecular weight is 538 g/mol. The first-order valence-corrected chi connectivity index (χ1v) is 11.8. The minimum Gasteiger partial charge on any atom is -0.388 e. The summed E-state index contributed by atoms with van der Waals surface area (Å²) in [5, 5.41) is 25.1. The van der Waals surface area contributed by atoms with Gasteiger partial charge in [0.25, 0.3) is 23.6 Å². The number of nitrogens with two attached hydrogens (primary N) is 2. The molecule has 11 N–H and O–H groups in total. The first kappa shape index (κ1) is 28.2. The number of anilines is 2. The molecule has 0 aromatic carbocycles. The lowest BCUT2D eigenvalue weighted by Gasteiger charge is -2.04. The van der Waals surface area contributed by atoms with Crippen molar-refractivity contribution in [1.29, 1.82) is 10.8 Å². The number of aromatic nitrogens is 3. The molecule has 4 amide bonds. The highest BCUT2D eigenvalue weighted by molar-refractivity contribution is 6.08. The van der Waals surface area contributed by atoms with Gasteiger partial charge in [0.15, 0.2) is 0 Å². The Bertz CT molecular complexity index is 1320. The fourth-order valence-corrected chi connectivity index (χ4v) is 3.58. The van der Waals surface area contributed by atoms with Gasteiger partial charge in [0.05, 0.1) is 23.0 Å². The van der Waals surface area contributed by atoms with Crippen molar-refractivity contribution >= 4 is 46.7 Å². The smallest absolute Gasteiger partial charge is 0.272 e. The molecule has 3 aromatic rings. The maximum atomic E-state index is 12.7. The van der Waals surface area contributed by atoms with Crippen LogP contribution in [-0.2, 0) is 14.1 Å². The van der Waals surface area contributed by atoms with E-state index in [0.29, 0.717) is 22.8 Å². The van der Waals surface area contributed by atoms with Crippen LogP contribution in [0.15, 0.2) is 36.7 Å². The fourth-order valence-electron chi connectivity index (χ4n) is 3.58. The minimum absolute atomic E-state index is 0.0347. The molecule has 39 heavy (non-hydrogen) atoms. The summed E-state index contributed by atoms with van der Waals surface area (Å²) in [7, 11) is 3.30. The number of carbonyl (C=O) groups is 4. The summed E-state index contributed by atoms with van der Waals surface area (Å²) in [6.07, 6.45) is 3.59. The lowest BCUT2D eigenvalue weighted by Crippen LogP contribution is -2.28. The predicted octanol–water partition coefficient (Wildman–Crippen LogP) is 0.308. The van der Waals surface area contributed by atoms with Crippen molar-refractivity contribution in [1.82, 2.24) is 24.8 Å². The monoisotopic (exact) mass is 537 g/mol. The van der Waals surface area contributed by atoms with E-state index in [4.69, 9.17) is 22.3 Å². The summed E-state index contributed by atoms with van der Waals surface area (Å²) in [6, 6.07) is 5.89. The standard InChI is InChI=1S/C24H31N11O4/c1-34-11-13(9-17(34)23(38)29-7-5-19(25)26)31-21(36)15-3-4-16(33-15)22(37)32-14-10-18(35(2)12-14)24(39)30-8-6-20(27)28/h3-4,9-12,33H,5-8H2,1-2H3,(H3,25,26)(H3,27,28)(H,29,38)(H,30,39)(H,31,36)(H,32,37). The topological polar surface area (TPSA) is 242 Å². The highest BCUT2D eigenvalue weighted by Crippen LogP contribution is 2.16. The zero-order valence-corrected chi connectivity index (χ0v) is 21.5. The molecule has 15 heteroatoms. The molecule has 206 valence electrons.